The Kier molecular flexibility index (Phi) is 5.85. The van der Waals surface area contributed by atoms with Gasteiger partial charge in [-0.1, -0.05) is 35.1 Å². The number of carbonyl (C=O) groups is 1. The Morgan fingerprint density at radius 3 is 2.70 bits per heavy atom. The molecule has 0 fully saturated rings. The summed E-state index contributed by atoms with van der Waals surface area (Å²) in [5.41, 5.74) is 4.11. The molecule has 3 heterocycles. The Hall–Kier alpha value is -3.52. The van der Waals surface area contributed by atoms with Crippen LogP contribution in [0.25, 0.3) is 10.3 Å². The smallest absolute Gasteiger partial charge is 0.321 e. The third-order valence-electron chi connectivity index (χ3n) is 4.65. The number of hydrogen-bond acceptors (Lipinski definition) is 6. The quantitative estimate of drug-likeness (QED) is 0.481. The molecule has 0 saturated heterocycles. The van der Waals surface area contributed by atoms with E-state index in [2.05, 4.69) is 51.8 Å². The number of fused-ring (bicyclic) bond motifs is 1. The van der Waals surface area contributed by atoms with E-state index in [1.54, 1.807) is 12.4 Å². The SMILES string of the molecule is Cc1ccc(N(C)c2ccc3nc(NC(=O)NCCc4cccnc4)sc3n2)cc1. The molecular formula is C22H22N6OS. The van der Waals surface area contributed by atoms with Crippen LogP contribution < -0.4 is 15.5 Å². The summed E-state index contributed by atoms with van der Waals surface area (Å²) in [6.45, 7) is 2.58. The van der Waals surface area contributed by atoms with E-state index in [-0.39, 0.29) is 6.03 Å². The maximum atomic E-state index is 12.2. The van der Waals surface area contributed by atoms with Gasteiger partial charge < -0.3 is 10.2 Å². The van der Waals surface area contributed by atoms with Gasteiger partial charge in [0, 0.05) is 31.7 Å². The summed E-state index contributed by atoms with van der Waals surface area (Å²) in [6, 6.07) is 15.7. The molecule has 2 amide bonds. The van der Waals surface area contributed by atoms with Crippen molar-refractivity contribution in [1.29, 1.82) is 0 Å². The molecule has 0 bridgehead atoms. The number of anilines is 3. The van der Waals surface area contributed by atoms with Crippen LogP contribution in [0.5, 0.6) is 0 Å². The van der Waals surface area contributed by atoms with Gasteiger partial charge in [0.1, 0.15) is 16.2 Å². The molecule has 0 aliphatic heterocycles. The number of aryl methyl sites for hydroxylation is 1. The van der Waals surface area contributed by atoms with Gasteiger partial charge in [-0.15, -0.1) is 0 Å². The summed E-state index contributed by atoms with van der Waals surface area (Å²) < 4.78 is 0. The number of thiazole rings is 1. The summed E-state index contributed by atoms with van der Waals surface area (Å²) in [5.74, 6) is 0.822. The number of aromatic nitrogens is 3. The second kappa shape index (κ2) is 8.87. The van der Waals surface area contributed by atoms with Gasteiger partial charge in [-0.25, -0.2) is 14.8 Å². The highest BCUT2D eigenvalue weighted by atomic mass is 32.1. The summed E-state index contributed by atoms with van der Waals surface area (Å²) in [6.07, 6.45) is 4.25. The van der Waals surface area contributed by atoms with Crippen LogP contribution in [-0.2, 0) is 6.42 Å². The first-order valence-electron chi connectivity index (χ1n) is 9.60. The van der Waals surface area contributed by atoms with Gasteiger partial charge in [0.25, 0.3) is 0 Å². The maximum Gasteiger partial charge on any atom is 0.321 e. The van der Waals surface area contributed by atoms with Crippen LogP contribution in [0.15, 0.2) is 60.9 Å². The van der Waals surface area contributed by atoms with Crippen LogP contribution in [0.4, 0.5) is 21.4 Å². The van der Waals surface area contributed by atoms with E-state index in [1.807, 2.05) is 36.2 Å². The lowest BCUT2D eigenvalue weighted by molar-refractivity contribution is 0.252. The molecule has 2 N–H and O–H groups in total. The number of nitrogens with one attached hydrogen (secondary N) is 2. The van der Waals surface area contributed by atoms with E-state index >= 15 is 0 Å². The number of hydrogen-bond donors (Lipinski definition) is 2. The number of pyridine rings is 2. The summed E-state index contributed by atoms with van der Waals surface area (Å²) in [4.78, 5) is 28.2. The molecule has 0 unspecified atom stereocenters. The van der Waals surface area contributed by atoms with E-state index in [1.165, 1.54) is 16.9 Å². The van der Waals surface area contributed by atoms with Crippen molar-refractivity contribution in [2.45, 2.75) is 13.3 Å². The number of rotatable bonds is 6. The minimum atomic E-state index is -0.282. The van der Waals surface area contributed by atoms with E-state index < -0.39 is 0 Å². The zero-order valence-electron chi connectivity index (χ0n) is 16.8. The molecule has 3 aromatic heterocycles. The average Bonchev–Trinajstić information content (AvgIpc) is 3.16. The Bertz CT molecular complexity index is 1140. The van der Waals surface area contributed by atoms with Crippen LogP contribution in [-0.4, -0.2) is 34.6 Å². The highest BCUT2D eigenvalue weighted by molar-refractivity contribution is 7.22. The molecule has 30 heavy (non-hydrogen) atoms. The van der Waals surface area contributed by atoms with Crippen LogP contribution in [0.3, 0.4) is 0 Å². The number of benzene rings is 1. The van der Waals surface area contributed by atoms with Crippen LogP contribution in [0, 0.1) is 6.92 Å². The van der Waals surface area contributed by atoms with Crippen molar-refractivity contribution in [3.8, 4) is 0 Å². The predicted octanol–water partition coefficient (Wildman–Crippen LogP) is 4.53. The fourth-order valence-electron chi connectivity index (χ4n) is 2.96. The van der Waals surface area contributed by atoms with E-state index in [4.69, 9.17) is 4.98 Å². The molecule has 4 aromatic rings. The molecule has 0 atom stereocenters. The molecule has 0 aliphatic carbocycles. The second-order valence-electron chi connectivity index (χ2n) is 6.90. The molecular weight excluding hydrogens is 396 g/mol. The topological polar surface area (TPSA) is 83.0 Å². The van der Waals surface area contributed by atoms with E-state index in [0.29, 0.717) is 11.7 Å². The minimum absolute atomic E-state index is 0.282. The molecule has 0 radical (unpaired) electrons. The van der Waals surface area contributed by atoms with Gasteiger partial charge >= 0.3 is 6.03 Å². The van der Waals surface area contributed by atoms with Crippen molar-refractivity contribution in [2.75, 3.05) is 23.8 Å². The van der Waals surface area contributed by atoms with Crippen molar-refractivity contribution in [2.24, 2.45) is 0 Å². The molecule has 4 rings (SSSR count). The molecule has 0 spiro atoms. The van der Waals surface area contributed by atoms with E-state index in [9.17, 15) is 4.79 Å². The lowest BCUT2D eigenvalue weighted by Gasteiger charge is -2.18. The lowest BCUT2D eigenvalue weighted by atomic mass is 10.2. The van der Waals surface area contributed by atoms with Crippen LogP contribution >= 0.6 is 11.3 Å². The van der Waals surface area contributed by atoms with Crippen molar-refractivity contribution >= 4 is 44.4 Å². The zero-order valence-corrected chi connectivity index (χ0v) is 17.6. The number of nitrogens with zero attached hydrogens (tertiary/aromatic N) is 4. The standard InChI is InChI=1S/C22H22N6OS/c1-15-5-7-17(8-6-15)28(2)19-10-9-18-20(26-19)30-22(25-18)27-21(29)24-13-11-16-4-3-12-23-14-16/h3-10,12,14H,11,13H2,1-2H3,(H2,24,25,27,29). The third kappa shape index (κ3) is 4.72. The summed E-state index contributed by atoms with van der Waals surface area (Å²) in [7, 11) is 1.98. The second-order valence-corrected chi connectivity index (χ2v) is 7.88. The highest BCUT2D eigenvalue weighted by Gasteiger charge is 2.11. The first kappa shape index (κ1) is 19.8. The minimum Gasteiger partial charge on any atom is -0.337 e. The van der Waals surface area contributed by atoms with Crippen LogP contribution in [0.2, 0.25) is 0 Å². The predicted molar refractivity (Wildman–Crippen MR) is 122 cm³/mol. The number of carbonyl (C=O) groups excluding carboxylic acids is 1. The molecule has 0 aliphatic rings. The zero-order chi connectivity index (χ0) is 20.9. The average molecular weight is 419 g/mol. The summed E-state index contributed by atoms with van der Waals surface area (Å²) in [5, 5.41) is 6.15. The lowest BCUT2D eigenvalue weighted by Crippen LogP contribution is -2.30. The molecule has 152 valence electrons. The van der Waals surface area contributed by atoms with Crippen molar-refractivity contribution < 1.29 is 4.79 Å². The van der Waals surface area contributed by atoms with Gasteiger partial charge in [0.15, 0.2) is 5.13 Å². The van der Waals surface area contributed by atoms with E-state index in [0.717, 1.165) is 33.8 Å². The highest BCUT2D eigenvalue weighted by Crippen LogP contribution is 2.29. The monoisotopic (exact) mass is 418 g/mol. The fraction of sp³-hybridized carbons (Fsp3) is 0.182. The number of amides is 2. The van der Waals surface area contributed by atoms with Gasteiger partial charge in [0.2, 0.25) is 0 Å². The van der Waals surface area contributed by atoms with Crippen molar-refractivity contribution in [3.63, 3.8) is 0 Å². The Morgan fingerprint density at radius 1 is 1.10 bits per heavy atom. The third-order valence-corrected chi connectivity index (χ3v) is 5.53. The number of urea groups is 1. The van der Waals surface area contributed by atoms with Crippen molar-refractivity contribution in [1.82, 2.24) is 20.3 Å². The van der Waals surface area contributed by atoms with Crippen LogP contribution in [0.1, 0.15) is 11.1 Å². The molecule has 0 saturated carbocycles. The van der Waals surface area contributed by atoms with Gasteiger partial charge in [-0.3, -0.25) is 10.3 Å². The van der Waals surface area contributed by atoms with Gasteiger partial charge in [-0.2, -0.15) is 0 Å². The molecule has 8 heteroatoms. The van der Waals surface area contributed by atoms with Gasteiger partial charge in [-0.05, 0) is 49.2 Å². The largest absolute Gasteiger partial charge is 0.337 e. The Labute approximate surface area is 178 Å². The van der Waals surface area contributed by atoms with Gasteiger partial charge in [0.05, 0.1) is 0 Å². The first-order valence-corrected chi connectivity index (χ1v) is 10.4. The first-order chi connectivity index (χ1) is 14.6. The summed E-state index contributed by atoms with van der Waals surface area (Å²) >= 11 is 1.35. The fourth-order valence-corrected chi connectivity index (χ4v) is 3.78. The van der Waals surface area contributed by atoms with Crippen molar-refractivity contribution in [3.05, 3.63) is 72.1 Å². The normalized spacial score (nSPS) is 10.7. The maximum absolute atomic E-state index is 12.2. The Morgan fingerprint density at radius 2 is 1.93 bits per heavy atom. The molecule has 7 nitrogen and oxygen atoms in total. The Balaban J connectivity index is 1.39. The molecule has 1 aromatic carbocycles.